The highest BCUT2D eigenvalue weighted by atomic mass is 79.9. The van der Waals surface area contributed by atoms with Gasteiger partial charge in [0.1, 0.15) is 0 Å². The SMILES string of the molecule is Cc1cccc(C(=O)Nc2ccc(Cl)c(Br)c2)c1Br. The van der Waals surface area contributed by atoms with Gasteiger partial charge in [-0.2, -0.15) is 0 Å². The zero-order chi connectivity index (χ0) is 14.0. The summed E-state index contributed by atoms with van der Waals surface area (Å²) in [5, 5.41) is 3.44. The molecule has 5 heteroatoms. The van der Waals surface area contributed by atoms with Crippen molar-refractivity contribution < 1.29 is 4.79 Å². The van der Waals surface area contributed by atoms with Crippen molar-refractivity contribution in [3.05, 3.63) is 61.5 Å². The van der Waals surface area contributed by atoms with Gasteiger partial charge in [-0.3, -0.25) is 4.79 Å². The number of amides is 1. The number of halogens is 3. The van der Waals surface area contributed by atoms with E-state index in [2.05, 4.69) is 37.2 Å². The first-order chi connectivity index (χ1) is 8.99. The molecule has 2 aromatic rings. The molecule has 0 aliphatic carbocycles. The van der Waals surface area contributed by atoms with Crippen LogP contribution in [0.2, 0.25) is 5.02 Å². The summed E-state index contributed by atoms with van der Waals surface area (Å²) >= 11 is 12.7. The quantitative estimate of drug-likeness (QED) is 0.712. The molecule has 0 aliphatic rings. The molecule has 2 nitrogen and oxygen atoms in total. The number of rotatable bonds is 2. The summed E-state index contributed by atoms with van der Waals surface area (Å²) in [6, 6.07) is 10.8. The van der Waals surface area contributed by atoms with Crippen LogP contribution in [0.15, 0.2) is 45.3 Å². The van der Waals surface area contributed by atoms with E-state index in [0.717, 1.165) is 14.5 Å². The van der Waals surface area contributed by atoms with E-state index in [0.29, 0.717) is 16.3 Å². The summed E-state index contributed by atoms with van der Waals surface area (Å²) in [7, 11) is 0. The molecule has 0 unspecified atom stereocenters. The molecule has 1 amide bonds. The van der Waals surface area contributed by atoms with Gasteiger partial charge in [-0.1, -0.05) is 23.7 Å². The van der Waals surface area contributed by atoms with Gasteiger partial charge in [0.15, 0.2) is 0 Å². The number of hydrogen-bond donors (Lipinski definition) is 1. The van der Waals surface area contributed by atoms with Crippen molar-refractivity contribution in [2.45, 2.75) is 6.92 Å². The number of aryl methyl sites for hydroxylation is 1. The largest absolute Gasteiger partial charge is 0.322 e. The second kappa shape index (κ2) is 6.07. The fourth-order valence-electron chi connectivity index (χ4n) is 1.60. The standard InChI is InChI=1S/C14H10Br2ClNO/c1-8-3-2-4-10(13(8)16)14(19)18-9-5-6-12(17)11(15)7-9/h2-7H,1H3,(H,18,19). The normalized spacial score (nSPS) is 10.3. The van der Waals surface area contributed by atoms with E-state index in [-0.39, 0.29) is 5.91 Å². The molecule has 19 heavy (non-hydrogen) atoms. The molecule has 0 saturated carbocycles. The second-order valence-electron chi connectivity index (χ2n) is 4.02. The van der Waals surface area contributed by atoms with Crippen LogP contribution in [-0.4, -0.2) is 5.91 Å². The van der Waals surface area contributed by atoms with Crippen LogP contribution in [0.25, 0.3) is 0 Å². The van der Waals surface area contributed by atoms with Crippen LogP contribution >= 0.6 is 43.5 Å². The minimum atomic E-state index is -0.162. The molecule has 0 fully saturated rings. The number of benzene rings is 2. The third-order valence-corrected chi connectivity index (χ3v) is 4.88. The lowest BCUT2D eigenvalue weighted by Gasteiger charge is -2.09. The Morgan fingerprint density at radius 3 is 2.63 bits per heavy atom. The molecule has 2 aromatic carbocycles. The molecule has 2 rings (SSSR count). The molecule has 0 aliphatic heterocycles. The first kappa shape index (κ1) is 14.6. The van der Waals surface area contributed by atoms with Crippen LogP contribution in [0, 0.1) is 6.92 Å². The fraction of sp³-hybridized carbons (Fsp3) is 0.0714. The minimum Gasteiger partial charge on any atom is -0.322 e. The third-order valence-electron chi connectivity index (χ3n) is 2.61. The topological polar surface area (TPSA) is 29.1 Å². The van der Waals surface area contributed by atoms with Gasteiger partial charge < -0.3 is 5.32 Å². The third kappa shape index (κ3) is 3.38. The lowest BCUT2D eigenvalue weighted by molar-refractivity contribution is 0.102. The summed E-state index contributed by atoms with van der Waals surface area (Å²) in [5.41, 5.74) is 2.31. The molecular formula is C14H10Br2ClNO. The van der Waals surface area contributed by atoms with Crippen LogP contribution in [0.4, 0.5) is 5.69 Å². The first-order valence-corrected chi connectivity index (χ1v) is 7.47. The van der Waals surface area contributed by atoms with E-state index in [9.17, 15) is 4.79 Å². The molecule has 98 valence electrons. The van der Waals surface area contributed by atoms with Gasteiger partial charge in [-0.25, -0.2) is 0 Å². The van der Waals surface area contributed by atoms with Crippen LogP contribution in [-0.2, 0) is 0 Å². The lowest BCUT2D eigenvalue weighted by Crippen LogP contribution is -2.12. The summed E-state index contributed by atoms with van der Waals surface area (Å²) in [4.78, 5) is 12.2. The molecule has 0 bridgehead atoms. The zero-order valence-corrected chi connectivity index (χ0v) is 13.9. The number of anilines is 1. The molecule has 1 N–H and O–H groups in total. The van der Waals surface area contributed by atoms with Crippen LogP contribution in [0.3, 0.4) is 0 Å². The lowest BCUT2D eigenvalue weighted by atomic mass is 10.1. The van der Waals surface area contributed by atoms with Crippen molar-refractivity contribution >= 4 is 55.1 Å². The van der Waals surface area contributed by atoms with Crippen molar-refractivity contribution in [2.75, 3.05) is 5.32 Å². The maximum Gasteiger partial charge on any atom is 0.256 e. The molecule has 0 radical (unpaired) electrons. The molecule has 0 spiro atoms. The van der Waals surface area contributed by atoms with Crippen LogP contribution in [0.5, 0.6) is 0 Å². The van der Waals surface area contributed by atoms with Gasteiger partial charge in [0.2, 0.25) is 0 Å². The van der Waals surface area contributed by atoms with Crippen molar-refractivity contribution in [3.63, 3.8) is 0 Å². The first-order valence-electron chi connectivity index (χ1n) is 5.50. The van der Waals surface area contributed by atoms with E-state index >= 15 is 0 Å². The van der Waals surface area contributed by atoms with Gasteiger partial charge in [0.25, 0.3) is 5.91 Å². The van der Waals surface area contributed by atoms with Gasteiger partial charge in [0.05, 0.1) is 10.6 Å². The van der Waals surface area contributed by atoms with Gasteiger partial charge in [-0.05, 0) is 68.6 Å². The Labute approximate surface area is 133 Å². The highest BCUT2D eigenvalue weighted by molar-refractivity contribution is 9.10. The Kier molecular flexibility index (Phi) is 4.66. The average molecular weight is 404 g/mol. The Balaban J connectivity index is 2.26. The Morgan fingerprint density at radius 1 is 1.21 bits per heavy atom. The highest BCUT2D eigenvalue weighted by Gasteiger charge is 2.11. The van der Waals surface area contributed by atoms with E-state index < -0.39 is 0 Å². The van der Waals surface area contributed by atoms with E-state index in [4.69, 9.17) is 11.6 Å². The molecule has 0 atom stereocenters. The monoisotopic (exact) mass is 401 g/mol. The number of carbonyl (C=O) groups is 1. The summed E-state index contributed by atoms with van der Waals surface area (Å²) in [6.07, 6.45) is 0. The Morgan fingerprint density at radius 2 is 1.95 bits per heavy atom. The molecule has 0 aromatic heterocycles. The number of nitrogens with one attached hydrogen (secondary N) is 1. The van der Waals surface area contributed by atoms with Crippen molar-refractivity contribution in [1.82, 2.24) is 0 Å². The summed E-state index contributed by atoms with van der Waals surface area (Å²) < 4.78 is 1.55. The predicted octanol–water partition coefficient (Wildman–Crippen LogP) is 5.43. The maximum absolute atomic E-state index is 12.2. The summed E-state index contributed by atoms with van der Waals surface area (Å²) in [5.74, 6) is -0.162. The smallest absolute Gasteiger partial charge is 0.256 e. The van der Waals surface area contributed by atoms with E-state index in [1.165, 1.54) is 0 Å². The zero-order valence-electron chi connectivity index (χ0n) is 10.0. The van der Waals surface area contributed by atoms with Crippen LogP contribution < -0.4 is 5.32 Å². The highest BCUT2D eigenvalue weighted by Crippen LogP contribution is 2.27. The fourth-order valence-corrected chi connectivity index (χ4v) is 2.54. The van der Waals surface area contributed by atoms with Crippen LogP contribution in [0.1, 0.15) is 15.9 Å². The summed E-state index contributed by atoms with van der Waals surface area (Å²) in [6.45, 7) is 1.94. The predicted molar refractivity (Wildman–Crippen MR) is 86.0 cm³/mol. The molecular weight excluding hydrogens is 393 g/mol. The van der Waals surface area contributed by atoms with E-state index in [1.54, 1.807) is 24.3 Å². The molecule has 0 saturated heterocycles. The number of hydrogen-bond acceptors (Lipinski definition) is 1. The van der Waals surface area contributed by atoms with Crippen molar-refractivity contribution in [2.24, 2.45) is 0 Å². The van der Waals surface area contributed by atoms with Gasteiger partial charge in [-0.15, -0.1) is 0 Å². The van der Waals surface area contributed by atoms with Gasteiger partial charge >= 0.3 is 0 Å². The minimum absolute atomic E-state index is 0.162. The number of carbonyl (C=O) groups excluding carboxylic acids is 1. The van der Waals surface area contributed by atoms with E-state index in [1.807, 2.05) is 19.1 Å². The van der Waals surface area contributed by atoms with Gasteiger partial charge in [0, 0.05) is 14.6 Å². The Hall–Kier alpha value is -0.840. The average Bonchev–Trinajstić information content (AvgIpc) is 2.37. The second-order valence-corrected chi connectivity index (χ2v) is 6.07. The maximum atomic E-state index is 12.2. The van der Waals surface area contributed by atoms with Crippen molar-refractivity contribution in [1.29, 1.82) is 0 Å². The van der Waals surface area contributed by atoms with Crippen molar-refractivity contribution in [3.8, 4) is 0 Å². The molecule has 0 heterocycles. The Bertz CT molecular complexity index is 643.